The maximum Gasteiger partial charge on any atom is 0.0660 e. The number of ether oxygens (including phenoxy) is 1. The highest BCUT2D eigenvalue weighted by molar-refractivity contribution is 4.93. The van der Waals surface area contributed by atoms with Crippen LogP contribution in [0.4, 0.5) is 0 Å². The average Bonchev–Trinajstić information content (AvgIpc) is 2.29. The molecule has 16 heavy (non-hydrogen) atoms. The molecule has 0 aliphatic carbocycles. The molecule has 3 unspecified atom stereocenters. The quantitative estimate of drug-likeness (QED) is 0.780. The van der Waals surface area contributed by atoms with Gasteiger partial charge in [-0.2, -0.15) is 0 Å². The first-order chi connectivity index (χ1) is 7.55. The van der Waals surface area contributed by atoms with Crippen LogP contribution in [0.3, 0.4) is 0 Å². The maximum atomic E-state index is 5.96. The van der Waals surface area contributed by atoms with Crippen LogP contribution in [0.5, 0.6) is 0 Å². The van der Waals surface area contributed by atoms with E-state index in [1.807, 2.05) is 6.92 Å². The van der Waals surface area contributed by atoms with Crippen LogP contribution in [0.15, 0.2) is 0 Å². The van der Waals surface area contributed by atoms with Gasteiger partial charge in [-0.3, -0.25) is 4.90 Å². The Bertz CT molecular complexity index is 210. The van der Waals surface area contributed by atoms with E-state index in [2.05, 4.69) is 25.7 Å². The van der Waals surface area contributed by atoms with Gasteiger partial charge in [0.1, 0.15) is 0 Å². The molecule has 1 saturated heterocycles. The van der Waals surface area contributed by atoms with Gasteiger partial charge in [-0.05, 0) is 46.1 Å². The van der Waals surface area contributed by atoms with Crippen molar-refractivity contribution in [3.63, 3.8) is 0 Å². The molecule has 1 aliphatic rings. The fourth-order valence-corrected chi connectivity index (χ4v) is 2.68. The van der Waals surface area contributed by atoms with Gasteiger partial charge in [-0.1, -0.05) is 6.92 Å². The summed E-state index contributed by atoms with van der Waals surface area (Å²) in [5.41, 5.74) is 5.97. The second-order valence-electron chi connectivity index (χ2n) is 5.39. The van der Waals surface area contributed by atoms with Gasteiger partial charge in [0.15, 0.2) is 0 Å². The van der Waals surface area contributed by atoms with Crippen molar-refractivity contribution in [2.45, 2.75) is 52.1 Å². The van der Waals surface area contributed by atoms with Gasteiger partial charge < -0.3 is 10.5 Å². The molecule has 96 valence electrons. The lowest BCUT2D eigenvalue weighted by Gasteiger charge is -2.48. The predicted molar refractivity (Wildman–Crippen MR) is 68.5 cm³/mol. The van der Waals surface area contributed by atoms with Crippen LogP contribution in [0, 0.1) is 5.92 Å². The first-order valence-electron chi connectivity index (χ1n) is 6.59. The number of hydrogen-bond donors (Lipinski definition) is 1. The highest BCUT2D eigenvalue weighted by Crippen LogP contribution is 2.29. The standard InChI is InChI=1S/C13H28N2O/c1-5-16-10-13(4,9-14)15-8-6-7-11(2)12(15)3/h11-12H,5-10,14H2,1-4H3. The van der Waals surface area contributed by atoms with Crippen LogP contribution in [-0.2, 0) is 4.74 Å². The second kappa shape index (κ2) is 5.99. The summed E-state index contributed by atoms with van der Waals surface area (Å²) >= 11 is 0. The normalized spacial score (nSPS) is 31.3. The summed E-state index contributed by atoms with van der Waals surface area (Å²) in [5.74, 6) is 0.765. The highest BCUT2D eigenvalue weighted by Gasteiger charge is 2.37. The summed E-state index contributed by atoms with van der Waals surface area (Å²) in [6, 6.07) is 0.614. The fraction of sp³-hybridized carbons (Fsp3) is 1.00. The second-order valence-corrected chi connectivity index (χ2v) is 5.39. The van der Waals surface area contributed by atoms with Crippen molar-refractivity contribution in [2.24, 2.45) is 11.7 Å². The Kier molecular flexibility index (Phi) is 5.22. The molecule has 1 aliphatic heterocycles. The van der Waals surface area contributed by atoms with E-state index in [0.717, 1.165) is 25.7 Å². The first kappa shape index (κ1) is 13.9. The number of piperidine rings is 1. The molecule has 0 bridgehead atoms. The van der Waals surface area contributed by atoms with Gasteiger partial charge >= 0.3 is 0 Å². The van der Waals surface area contributed by atoms with Crippen molar-refractivity contribution in [3.8, 4) is 0 Å². The van der Waals surface area contributed by atoms with E-state index in [-0.39, 0.29) is 5.54 Å². The van der Waals surface area contributed by atoms with E-state index in [9.17, 15) is 0 Å². The zero-order valence-electron chi connectivity index (χ0n) is 11.3. The molecule has 0 aromatic rings. The molecule has 3 nitrogen and oxygen atoms in total. The summed E-state index contributed by atoms with van der Waals surface area (Å²) in [6.45, 7) is 12.3. The van der Waals surface area contributed by atoms with Crippen LogP contribution in [0.2, 0.25) is 0 Å². The molecule has 0 aromatic heterocycles. The largest absolute Gasteiger partial charge is 0.380 e. The van der Waals surface area contributed by atoms with Crippen molar-refractivity contribution in [2.75, 3.05) is 26.3 Å². The van der Waals surface area contributed by atoms with Crippen LogP contribution < -0.4 is 5.73 Å². The number of hydrogen-bond acceptors (Lipinski definition) is 3. The molecular formula is C13H28N2O. The molecule has 3 heteroatoms. The summed E-state index contributed by atoms with van der Waals surface area (Å²) in [7, 11) is 0. The lowest BCUT2D eigenvalue weighted by atomic mass is 9.87. The zero-order chi connectivity index (χ0) is 12.2. The Balaban J connectivity index is 2.69. The third-order valence-corrected chi connectivity index (χ3v) is 4.12. The average molecular weight is 228 g/mol. The smallest absolute Gasteiger partial charge is 0.0660 e. The Labute approximate surface area is 100 Å². The third-order valence-electron chi connectivity index (χ3n) is 4.12. The van der Waals surface area contributed by atoms with E-state index < -0.39 is 0 Å². The molecule has 3 atom stereocenters. The number of nitrogens with zero attached hydrogens (tertiary/aromatic N) is 1. The van der Waals surface area contributed by atoms with Crippen molar-refractivity contribution < 1.29 is 4.74 Å². The maximum absolute atomic E-state index is 5.96. The number of rotatable bonds is 5. The van der Waals surface area contributed by atoms with E-state index in [1.54, 1.807) is 0 Å². The third kappa shape index (κ3) is 2.96. The monoisotopic (exact) mass is 228 g/mol. The Morgan fingerprint density at radius 1 is 1.44 bits per heavy atom. The van der Waals surface area contributed by atoms with E-state index in [0.29, 0.717) is 12.6 Å². The molecule has 1 heterocycles. The zero-order valence-corrected chi connectivity index (χ0v) is 11.3. The van der Waals surface area contributed by atoms with Crippen LogP contribution in [0.25, 0.3) is 0 Å². The van der Waals surface area contributed by atoms with Crippen LogP contribution in [-0.4, -0.2) is 42.8 Å². The van der Waals surface area contributed by atoms with Gasteiger partial charge in [0, 0.05) is 19.2 Å². The Hall–Kier alpha value is -0.120. The Morgan fingerprint density at radius 3 is 2.69 bits per heavy atom. The molecule has 0 saturated carbocycles. The minimum absolute atomic E-state index is 0.00407. The molecular weight excluding hydrogens is 200 g/mol. The number of nitrogens with two attached hydrogens (primary N) is 1. The predicted octanol–water partition coefficient (Wildman–Crippen LogP) is 1.86. The van der Waals surface area contributed by atoms with Gasteiger partial charge in [0.25, 0.3) is 0 Å². The van der Waals surface area contributed by atoms with Gasteiger partial charge in [-0.15, -0.1) is 0 Å². The molecule has 0 spiro atoms. The lowest BCUT2D eigenvalue weighted by molar-refractivity contribution is -0.0377. The fourth-order valence-electron chi connectivity index (χ4n) is 2.68. The minimum Gasteiger partial charge on any atom is -0.380 e. The van der Waals surface area contributed by atoms with Gasteiger partial charge in [0.05, 0.1) is 12.1 Å². The van der Waals surface area contributed by atoms with Crippen molar-refractivity contribution in [1.29, 1.82) is 0 Å². The summed E-state index contributed by atoms with van der Waals surface area (Å²) in [5, 5.41) is 0. The van der Waals surface area contributed by atoms with E-state index >= 15 is 0 Å². The van der Waals surface area contributed by atoms with Crippen molar-refractivity contribution >= 4 is 0 Å². The first-order valence-corrected chi connectivity index (χ1v) is 6.59. The van der Waals surface area contributed by atoms with Gasteiger partial charge in [-0.25, -0.2) is 0 Å². The molecule has 1 rings (SSSR count). The molecule has 2 N–H and O–H groups in total. The van der Waals surface area contributed by atoms with E-state index in [4.69, 9.17) is 10.5 Å². The van der Waals surface area contributed by atoms with E-state index in [1.165, 1.54) is 12.8 Å². The highest BCUT2D eigenvalue weighted by atomic mass is 16.5. The summed E-state index contributed by atoms with van der Waals surface area (Å²) < 4.78 is 5.60. The molecule has 1 fully saturated rings. The van der Waals surface area contributed by atoms with Crippen molar-refractivity contribution in [1.82, 2.24) is 4.90 Å². The summed E-state index contributed by atoms with van der Waals surface area (Å²) in [6.07, 6.45) is 2.63. The summed E-state index contributed by atoms with van der Waals surface area (Å²) in [4.78, 5) is 2.55. The van der Waals surface area contributed by atoms with Crippen LogP contribution >= 0.6 is 0 Å². The van der Waals surface area contributed by atoms with Crippen LogP contribution in [0.1, 0.15) is 40.5 Å². The number of likely N-dealkylation sites (tertiary alicyclic amines) is 1. The topological polar surface area (TPSA) is 38.5 Å². The van der Waals surface area contributed by atoms with Gasteiger partial charge in [0.2, 0.25) is 0 Å². The Morgan fingerprint density at radius 2 is 2.12 bits per heavy atom. The lowest BCUT2D eigenvalue weighted by Crippen LogP contribution is -2.61. The van der Waals surface area contributed by atoms with Crippen molar-refractivity contribution in [3.05, 3.63) is 0 Å². The molecule has 0 amide bonds. The molecule has 0 radical (unpaired) electrons. The molecule has 0 aromatic carbocycles. The minimum atomic E-state index is 0.00407. The SMILES string of the molecule is CCOCC(C)(CN)N1CCCC(C)C1C.